The molecule has 0 aromatic heterocycles. The molecule has 1 aliphatic heterocycles. The molecule has 0 bridgehead atoms. The monoisotopic (exact) mass is 172 g/mol. The van der Waals surface area contributed by atoms with Crippen LogP contribution in [0.15, 0.2) is 0 Å². The summed E-state index contributed by atoms with van der Waals surface area (Å²) in [4.78, 5) is 2.38. The van der Waals surface area contributed by atoms with Crippen molar-refractivity contribution in [3.63, 3.8) is 0 Å². The smallest absolute Gasteiger partial charge is 0.0639 e. The Morgan fingerprint density at radius 2 is 2.25 bits per heavy atom. The maximum absolute atomic E-state index is 9.26. The minimum absolute atomic E-state index is 0.197. The first-order valence-electron chi connectivity index (χ1n) is 4.87. The molecule has 1 aliphatic rings. The summed E-state index contributed by atoms with van der Waals surface area (Å²) in [6.45, 7) is 8.15. The van der Waals surface area contributed by atoms with Crippen LogP contribution in [0.25, 0.3) is 0 Å². The highest BCUT2D eigenvalue weighted by Crippen LogP contribution is 2.06. The van der Waals surface area contributed by atoms with Crippen molar-refractivity contribution in [2.75, 3.05) is 26.2 Å². The van der Waals surface area contributed by atoms with E-state index in [0.29, 0.717) is 6.04 Å². The molecular formula is C9H20N2O. The molecule has 1 rings (SSSR count). The van der Waals surface area contributed by atoms with Gasteiger partial charge in [-0.25, -0.2) is 0 Å². The van der Waals surface area contributed by atoms with Crippen LogP contribution < -0.4 is 5.32 Å². The number of hydrogen-bond donors (Lipinski definition) is 2. The van der Waals surface area contributed by atoms with Gasteiger partial charge in [-0.05, 0) is 19.9 Å². The topological polar surface area (TPSA) is 35.5 Å². The number of aliphatic hydroxyl groups excluding tert-OH is 1. The van der Waals surface area contributed by atoms with Gasteiger partial charge in [-0.2, -0.15) is 0 Å². The first-order valence-corrected chi connectivity index (χ1v) is 4.87. The summed E-state index contributed by atoms with van der Waals surface area (Å²) in [5.41, 5.74) is 0. The van der Waals surface area contributed by atoms with Crippen LogP contribution in [0.1, 0.15) is 20.3 Å². The van der Waals surface area contributed by atoms with Gasteiger partial charge in [0.25, 0.3) is 0 Å². The molecule has 0 aromatic rings. The molecule has 1 unspecified atom stereocenters. The maximum atomic E-state index is 9.26. The van der Waals surface area contributed by atoms with Crippen LogP contribution in [0.2, 0.25) is 0 Å². The summed E-state index contributed by atoms with van der Waals surface area (Å²) < 4.78 is 0. The summed E-state index contributed by atoms with van der Waals surface area (Å²) in [6, 6.07) is 0.666. The summed E-state index contributed by atoms with van der Waals surface area (Å²) >= 11 is 0. The van der Waals surface area contributed by atoms with Crippen molar-refractivity contribution in [2.24, 2.45) is 0 Å². The molecule has 72 valence electrons. The molecule has 1 atom stereocenters. The molecule has 1 saturated heterocycles. The Kier molecular flexibility index (Phi) is 3.98. The molecule has 2 N–H and O–H groups in total. The summed E-state index contributed by atoms with van der Waals surface area (Å²) in [5, 5.41) is 12.5. The average Bonchev–Trinajstić information content (AvgIpc) is 1.81. The van der Waals surface area contributed by atoms with Gasteiger partial charge in [0.2, 0.25) is 0 Å². The molecular weight excluding hydrogens is 152 g/mol. The van der Waals surface area contributed by atoms with Gasteiger partial charge in [0.15, 0.2) is 0 Å². The lowest BCUT2D eigenvalue weighted by atomic mass is 10.1. The lowest BCUT2D eigenvalue weighted by Crippen LogP contribution is -2.58. The Morgan fingerprint density at radius 1 is 1.58 bits per heavy atom. The zero-order valence-corrected chi connectivity index (χ0v) is 8.08. The van der Waals surface area contributed by atoms with E-state index in [4.69, 9.17) is 0 Å². The van der Waals surface area contributed by atoms with Crippen LogP contribution in [-0.4, -0.2) is 48.3 Å². The van der Waals surface area contributed by atoms with E-state index in [-0.39, 0.29) is 6.10 Å². The number of hydrogen-bond acceptors (Lipinski definition) is 3. The van der Waals surface area contributed by atoms with Crippen LogP contribution >= 0.6 is 0 Å². The Bertz CT molecular complexity index is 124. The molecule has 3 nitrogen and oxygen atoms in total. The van der Waals surface area contributed by atoms with E-state index in [1.807, 2.05) is 6.92 Å². The van der Waals surface area contributed by atoms with Crippen molar-refractivity contribution in [1.82, 2.24) is 10.2 Å². The molecule has 0 amide bonds. The average molecular weight is 172 g/mol. The Labute approximate surface area is 74.8 Å². The summed E-state index contributed by atoms with van der Waals surface area (Å²) in [7, 11) is 0. The highest BCUT2D eigenvalue weighted by atomic mass is 16.3. The van der Waals surface area contributed by atoms with Gasteiger partial charge in [-0.1, -0.05) is 6.92 Å². The number of rotatable bonds is 5. The van der Waals surface area contributed by atoms with Crippen LogP contribution in [-0.2, 0) is 0 Å². The van der Waals surface area contributed by atoms with Gasteiger partial charge < -0.3 is 10.4 Å². The zero-order chi connectivity index (χ0) is 8.97. The third kappa shape index (κ3) is 2.73. The lowest BCUT2D eigenvalue weighted by molar-refractivity contribution is 0.0770. The molecule has 0 radical (unpaired) electrons. The van der Waals surface area contributed by atoms with E-state index in [1.54, 1.807) is 0 Å². The largest absolute Gasteiger partial charge is 0.392 e. The minimum atomic E-state index is -0.197. The van der Waals surface area contributed by atoms with Crippen molar-refractivity contribution in [1.29, 1.82) is 0 Å². The minimum Gasteiger partial charge on any atom is -0.392 e. The van der Waals surface area contributed by atoms with Gasteiger partial charge in [0.05, 0.1) is 6.10 Å². The highest BCUT2D eigenvalue weighted by Gasteiger charge is 2.24. The second-order valence-electron chi connectivity index (χ2n) is 3.66. The summed E-state index contributed by atoms with van der Waals surface area (Å²) in [5.74, 6) is 0. The Balaban J connectivity index is 2.26. The second-order valence-corrected chi connectivity index (χ2v) is 3.66. The standard InChI is InChI=1S/C9H20N2O/c1-3-4-11(7-8(2)12)9-5-10-6-9/h8-10,12H,3-7H2,1-2H3. The first-order chi connectivity index (χ1) is 5.74. The van der Waals surface area contributed by atoms with Crippen LogP contribution in [0.3, 0.4) is 0 Å². The molecule has 0 saturated carbocycles. The van der Waals surface area contributed by atoms with E-state index in [0.717, 1.165) is 26.2 Å². The van der Waals surface area contributed by atoms with Gasteiger partial charge in [-0.3, -0.25) is 4.90 Å². The molecule has 0 aromatic carbocycles. The van der Waals surface area contributed by atoms with Crippen molar-refractivity contribution in [3.8, 4) is 0 Å². The first kappa shape index (κ1) is 9.96. The molecule has 0 spiro atoms. The number of nitrogens with zero attached hydrogens (tertiary/aromatic N) is 1. The molecule has 1 heterocycles. The van der Waals surface area contributed by atoms with E-state index >= 15 is 0 Å². The fourth-order valence-corrected chi connectivity index (χ4v) is 1.58. The molecule has 3 heteroatoms. The van der Waals surface area contributed by atoms with E-state index < -0.39 is 0 Å². The predicted octanol–water partition coefficient (Wildman–Crippen LogP) is 0.0510. The lowest BCUT2D eigenvalue weighted by Gasteiger charge is -2.38. The number of aliphatic hydroxyl groups is 1. The van der Waals surface area contributed by atoms with Crippen LogP contribution in [0.5, 0.6) is 0 Å². The third-order valence-electron chi connectivity index (χ3n) is 2.29. The van der Waals surface area contributed by atoms with E-state index in [9.17, 15) is 5.11 Å². The van der Waals surface area contributed by atoms with Crippen molar-refractivity contribution in [2.45, 2.75) is 32.4 Å². The Morgan fingerprint density at radius 3 is 2.58 bits per heavy atom. The van der Waals surface area contributed by atoms with Gasteiger partial charge in [-0.15, -0.1) is 0 Å². The van der Waals surface area contributed by atoms with E-state index in [1.165, 1.54) is 6.42 Å². The Hall–Kier alpha value is -0.120. The fourth-order valence-electron chi connectivity index (χ4n) is 1.58. The third-order valence-corrected chi connectivity index (χ3v) is 2.29. The number of nitrogens with one attached hydrogen (secondary N) is 1. The zero-order valence-electron chi connectivity index (χ0n) is 8.08. The normalized spacial score (nSPS) is 21.0. The predicted molar refractivity (Wildman–Crippen MR) is 50.2 cm³/mol. The van der Waals surface area contributed by atoms with Gasteiger partial charge >= 0.3 is 0 Å². The van der Waals surface area contributed by atoms with Crippen molar-refractivity contribution in [3.05, 3.63) is 0 Å². The summed E-state index contributed by atoms with van der Waals surface area (Å²) in [6.07, 6.45) is 0.973. The maximum Gasteiger partial charge on any atom is 0.0639 e. The van der Waals surface area contributed by atoms with Crippen LogP contribution in [0, 0.1) is 0 Å². The van der Waals surface area contributed by atoms with Crippen molar-refractivity contribution >= 4 is 0 Å². The highest BCUT2D eigenvalue weighted by molar-refractivity contribution is 4.84. The van der Waals surface area contributed by atoms with E-state index in [2.05, 4.69) is 17.1 Å². The van der Waals surface area contributed by atoms with Crippen molar-refractivity contribution < 1.29 is 5.11 Å². The molecule has 0 aliphatic carbocycles. The fraction of sp³-hybridized carbons (Fsp3) is 1.00. The SMILES string of the molecule is CCCN(CC(C)O)C1CNC1. The molecule has 12 heavy (non-hydrogen) atoms. The molecule has 1 fully saturated rings. The van der Waals surface area contributed by atoms with Gasteiger partial charge in [0, 0.05) is 25.7 Å². The quantitative estimate of drug-likeness (QED) is 0.615. The van der Waals surface area contributed by atoms with Crippen LogP contribution in [0.4, 0.5) is 0 Å². The van der Waals surface area contributed by atoms with Gasteiger partial charge in [0.1, 0.15) is 0 Å². The second kappa shape index (κ2) is 4.80.